The van der Waals surface area contributed by atoms with E-state index in [9.17, 15) is 14.7 Å². The quantitative estimate of drug-likeness (QED) is 0.680. The van der Waals surface area contributed by atoms with Gasteiger partial charge in [-0.15, -0.1) is 0 Å². The zero-order chi connectivity index (χ0) is 18.4. The fourth-order valence-corrected chi connectivity index (χ4v) is 2.58. The number of carbonyl (C=O) groups is 2. The number of carbonyl (C=O) groups excluding carboxylic acids is 2. The maximum atomic E-state index is 12.2. The molecule has 0 saturated heterocycles. The summed E-state index contributed by atoms with van der Waals surface area (Å²) in [5.74, 6) is 0.521. The van der Waals surface area contributed by atoms with Crippen LogP contribution in [0.4, 0.5) is 0 Å². The van der Waals surface area contributed by atoms with Gasteiger partial charge in [0.1, 0.15) is 6.04 Å². The molecule has 0 aromatic heterocycles. The lowest BCUT2D eigenvalue weighted by atomic mass is 10.1. The highest BCUT2D eigenvalue weighted by molar-refractivity contribution is 5.88. The fourth-order valence-electron chi connectivity index (χ4n) is 2.58. The zero-order valence-electron chi connectivity index (χ0n) is 14.1. The van der Waals surface area contributed by atoms with Crippen molar-refractivity contribution in [2.45, 2.75) is 19.0 Å². The van der Waals surface area contributed by atoms with Gasteiger partial charge in [-0.05, 0) is 23.3 Å². The van der Waals surface area contributed by atoms with Crippen LogP contribution in [0.2, 0.25) is 0 Å². The van der Waals surface area contributed by atoms with Gasteiger partial charge >= 0.3 is 0 Å². The molecule has 136 valence electrons. The predicted octanol–water partition coefficient (Wildman–Crippen LogP) is 0.751. The molecule has 7 heteroatoms. The van der Waals surface area contributed by atoms with Crippen LogP contribution in [-0.2, 0) is 22.6 Å². The monoisotopic (exact) mass is 356 g/mol. The van der Waals surface area contributed by atoms with Gasteiger partial charge in [0.2, 0.25) is 18.6 Å². The van der Waals surface area contributed by atoms with Gasteiger partial charge in [-0.2, -0.15) is 0 Å². The molecule has 7 nitrogen and oxygen atoms in total. The fraction of sp³-hybridized carbons (Fsp3) is 0.263. The van der Waals surface area contributed by atoms with E-state index in [4.69, 9.17) is 9.47 Å². The largest absolute Gasteiger partial charge is 0.454 e. The summed E-state index contributed by atoms with van der Waals surface area (Å²) in [5, 5.41) is 14.7. The summed E-state index contributed by atoms with van der Waals surface area (Å²) >= 11 is 0. The van der Waals surface area contributed by atoms with E-state index in [2.05, 4.69) is 10.6 Å². The molecule has 1 heterocycles. The first kappa shape index (κ1) is 17.8. The summed E-state index contributed by atoms with van der Waals surface area (Å²) in [4.78, 5) is 24.3. The number of nitrogens with one attached hydrogen (secondary N) is 2. The molecule has 0 radical (unpaired) electrons. The highest BCUT2D eigenvalue weighted by atomic mass is 16.7. The van der Waals surface area contributed by atoms with Gasteiger partial charge in [-0.3, -0.25) is 9.59 Å². The Kier molecular flexibility index (Phi) is 5.70. The Bertz CT molecular complexity index is 779. The van der Waals surface area contributed by atoms with Crippen molar-refractivity contribution in [3.63, 3.8) is 0 Å². The molecular weight excluding hydrogens is 336 g/mol. The molecule has 0 aliphatic carbocycles. The highest BCUT2D eigenvalue weighted by Crippen LogP contribution is 2.32. The predicted molar refractivity (Wildman–Crippen MR) is 93.6 cm³/mol. The van der Waals surface area contributed by atoms with Crippen LogP contribution in [0.5, 0.6) is 11.5 Å². The van der Waals surface area contributed by atoms with Crippen LogP contribution in [0, 0.1) is 0 Å². The van der Waals surface area contributed by atoms with Crippen molar-refractivity contribution in [2.75, 3.05) is 13.4 Å². The highest BCUT2D eigenvalue weighted by Gasteiger charge is 2.20. The number of rotatable bonds is 7. The van der Waals surface area contributed by atoms with E-state index < -0.39 is 18.6 Å². The Morgan fingerprint density at radius 1 is 1.04 bits per heavy atom. The first-order valence-corrected chi connectivity index (χ1v) is 8.26. The molecule has 1 aliphatic heterocycles. The Morgan fingerprint density at radius 2 is 1.81 bits per heavy atom. The Hall–Kier alpha value is -3.06. The molecule has 2 amide bonds. The molecule has 3 rings (SSSR count). The SMILES string of the molecule is O=C(Cc1ccccc1)NC(CO)C(=O)NCc1ccc2c(c1)OCO2. The van der Waals surface area contributed by atoms with Gasteiger partial charge in [0.25, 0.3) is 0 Å². The normalized spacial score (nSPS) is 13.1. The third-order valence-electron chi connectivity index (χ3n) is 3.95. The smallest absolute Gasteiger partial charge is 0.245 e. The Labute approximate surface area is 150 Å². The summed E-state index contributed by atoms with van der Waals surface area (Å²) in [7, 11) is 0. The zero-order valence-corrected chi connectivity index (χ0v) is 14.1. The van der Waals surface area contributed by atoms with Crippen molar-refractivity contribution in [1.82, 2.24) is 10.6 Å². The second-order valence-electron chi connectivity index (χ2n) is 5.87. The molecule has 0 saturated carbocycles. The number of ether oxygens (including phenoxy) is 2. The summed E-state index contributed by atoms with van der Waals surface area (Å²) < 4.78 is 10.5. The maximum Gasteiger partial charge on any atom is 0.245 e. The van der Waals surface area contributed by atoms with Gasteiger partial charge in [0, 0.05) is 6.54 Å². The van der Waals surface area contributed by atoms with Crippen molar-refractivity contribution in [3.8, 4) is 11.5 Å². The average molecular weight is 356 g/mol. The van der Waals surface area contributed by atoms with Crippen LogP contribution in [0.1, 0.15) is 11.1 Å². The molecule has 1 aliphatic rings. The van der Waals surface area contributed by atoms with E-state index in [-0.39, 0.29) is 25.7 Å². The number of amides is 2. The van der Waals surface area contributed by atoms with E-state index in [1.165, 1.54) is 0 Å². The number of aliphatic hydroxyl groups excluding tert-OH is 1. The average Bonchev–Trinajstić information content (AvgIpc) is 3.12. The van der Waals surface area contributed by atoms with E-state index in [1.807, 2.05) is 36.4 Å². The van der Waals surface area contributed by atoms with Crippen LogP contribution < -0.4 is 20.1 Å². The van der Waals surface area contributed by atoms with Crippen LogP contribution in [0.15, 0.2) is 48.5 Å². The minimum Gasteiger partial charge on any atom is -0.454 e. The van der Waals surface area contributed by atoms with Crippen molar-refractivity contribution < 1.29 is 24.2 Å². The number of hydrogen-bond acceptors (Lipinski definition) is 5. The number of fused-ring (bicyclic) bond motifs is 1. The first-order valence-electron chi connectivity index (χ1n) is 8.26. The standard InChI is InChI=1S/C19H20N2O5/c22-11-15(21-18(23)9-13-4-2-1-3-5-13)19(24)20-10-14-6-7-16-17(8-14)26-12-25-16/h1-8,15,22H,9-12H2,(H,20,24)(H,21,23). The summed E-state index contributed by atoms with van der Waals surface area (Å²) in [6, 6.07) is 13.6. The first-order chi connectivity index (χ1) is 12.7. The molecule has 2 aromatic rings. The summed E-state index contributed by atoms with van der Waals surface area (Å²) in [6.07, 6.45) is 0.146. The molecule has 1 unspecified atom stereocenters. The van der Waals surface area contributed by atoms with E-state index in [0.29, 0.717) is 11.5 Å². The van der Waals surface area contributed by atoms with E-state index >= 15 is 0 Å². The minimum atomic E-state index is -1.000. The van der Waals surface area contributed by atoms with Gasteiger partial charge in [-0.25, -0.2) is 0 Å². The van der Waals surface area contributed by atoms with Crippen LogP contribution in [0.25, 0.3) is 0 Å². The summed E-state index contributed by atoms with van der Waals surface area (Å²) in [6.45, 7) is -0.0425. The Morgan fingerprint density at radius 3 is 2.58 bits per heavy atom. The van der Waals surface area contributed by atoms with Crippen LogP contribution in [-0.4, -0.2) is 36.4 Å². The van der Waals surface area contributed by atoms with Gasteiger partial charge in [0.05, 0.1) is 13.0 Å². The Balaban J connectivity index is 1.51. The van der Waals surface area contributed by atoms with Gasteiger partial charge < -0.3 is 25.2 Å². The van der Waals surface area contributed by atoms with Crippen LogP contribution >= 0.6 is 0 Å². The van der Waals surface area contributed by atoms with Gasteiger partial charge in [0.15, 0.2) is 11.5 Å². The molecule has 26 heavy (non-hydrogen) atoms. The van der Waals surface area contributed by atoms with Crippen molar-refractivity contribution in [3.05, 3.63) is 59.7 Å². The third-order valence-corrected chi connectivity index (χ3v) is 3.95. The number of benzene rings is 2. The van der Waals surface area contributed by atoms with Crippen molar-refractivity contribution >= 4 is 11.8 Å². The minimum absolute atomic E-state index is 0.146. The summed E-state index contributed by atoms with van der Waals surface area (Å²) in [5.41, 5.74) is 1.66. The maximum absolute atomic E-state index is 12.2. The number of aliphatic hydroxyl groups is 1. The van der Waals surface area contributed by atoms with Crippen LogP contribution in [0.3, 0.4) is 0 Å². The molecule has 0 spiro atoms. The lowest BCUT2D eigenvalue weighted by molar-refractivity contribution is -0.129. The molecule has 3 N–H and O–H groups in total. The van der Waals surface area contributed by atoms with Gasteiger partial charge in [-0.1, -0.05) is 36.4 Å². The molecular formula is C19H20N2O5. The van der Waals surface area contributed by atoms with Crippen molar-refractivity contribution in [1.29, 1.82) is 0 Å². The molecule has 2 aromatic carbocycles. The number of hydrogen-bond donors (Lipinski definition) is 3. The topological polar surface area (TPSA) is 96.9 Å². The molecule has 0 fully saturated rings. The lowest BCUT2D eigenvalue weighted by Gasteiger charge is -2.16. The van der Waals surface area contributed by atoms with Crippen molar-refractivity contribution in [2.24, 2.45) is 0 Å². The molecule has 1 atom stereocenters. The third kappa shape index (κ3) is 4.52. The van der Waals surface area contributed by atoms with E-state index in [1.54, 1.807) is 12.1 Å². The second-order valence-corrected chi connectivity index (χ2v) is 5.87. The van der Waals surface area contributed by atoms with E-state index in [0.717, 1.165) is 11.1 Å². The second kappa shape index (κ2) is 8.35. The molecule has 0 bridgehead atoms. The lowest BCUT2D eigenvalue weighted by Crippen LogP contribution is -2.49.